The van der Waals surface area contributed by atoms with Crippen molar-refractivity contribution in [2.45, 2.75) is 39.3 Å². The highest BCUT2D eigenvalue weighted by Crippen LogP contribution is 2.19. The summed E-state index contributed by atoms with van der Waals surface area (Å²) in [6.45, 7) is 6.06. The number of nitrogens with zero attached hydrogens (tertiary/aromatic N) is 3. The zero-order chi connectivity index (χ0) is 16.4. The molecule has 24 heavy (non-hydrogen) atoms. The predicted octanol–water partition coefficient (Wildman–Crippen LogP) is 3.45. The van der Waals surface area contributed by atoms with Gasteiger partial charge in [0.05, 0.1) is 36.2 Å². The Balaban J connectivity index is 1.46. The van der Waals surface area contributed by atoms with E-state index >= 15 is 0 Å². The number of hydrogen-bond donors (Lipinski definition) is 0. The van der Waals surface area contributed by atoms with E-state index in [1.54, 1.807) is 17.6 Å². The van der Waals surface area contributed by atoms with Crippen LogP contribution in [0.3, 0.4) is 0 Å². The van der Waals surface area contributed by atoms with Crippen LogP contribution in [0.2, 0.25) is 0 Å². The van der Waals surface area contributed by atoms with E-state index in [0.717, 1.165) is 42.6 Å². The van der Waals surface area contributed by atoms with Gasteiger partial charge in [0, 0.05) is 36.9 Å². The Bertz CT molecular complexity index is 778. The smallest absolute Gasteiger partial charge is 0.117 e. The maximum absolute atomic E-state index is 6.19. The molecule has 5 nitrogen and oxygen atoms in total. The van der Waals surface area contributed by atoms with Gasteiger partial charge in [-0.1, -0.05) is 0 Å². The van der Waals surface area contributed by atoms with Gasteiger partial charge in [0.1, 0.15) is 5.76 Å². The third-order valence-corrected chi connectivity index (χ3v) is 5.09. The van der Waals surface area contributed by atoms with Crippen molar-refractivity contribution in [2.24, 2.45) is 0 Å². The molecule has 0 saturated carbocycles. The van der Waals surface area contributed by atoms with Crippen molar-refractivity contribution in [3.05, 3.63) is 64.3 Å². The first-order chi connectivity index (χ1) is 11.8. The molecule has 4 rings (SSSR count). The lowest BCUT2D eigenvalue weighted by Gasteiger charge is -2.23. The topological polar surface area (TPSA) is 43.4 Å². The largest absolute Gasteiger partial charge is 0.468 e. The van der Waals surface area contributed by atoms with E-state index in [-0.39, 0.29) is 6.10 Å². The van der Waals surface area contributed by atoms with Gasteiger partial charge in [-0.25, -0.2) is 4.98 Å². The van der Waals surface area contributed by atoms with Gasteiger partial charge >= 0.3 is 0 Å². The summed E-state index contributed by atoms with van der Waals surface area (Å²) in [5.74, 6) is 0.990. The third kappa shape index (κ3) is 3.61. The van der Waals surface area contributed by atoms with Crippen LogP contribution in [0.25, 0.3) is 0 Å². The normalized spacial score (nSPS) is 18.5. The molecular weight excluding hydrogens is 322 g/mol. The van der Waals surface area contributed by atoms with Crippen molar-refractivity contribution >= 4 is 11.3 Å². The van der Waals surface area contributed by atoms with E-state index in [4.69, 9.17) is 9.15 Å². The quantitative estimate of drug-likeness (QED) is 0.712. The number of aryl methyl sites for hydroxylation is 1. The lowest BCUT2D eigenvalue weighted by Crippen LogP contribution is -2.32. The van der Waals surface area contributed by atoms with Gasteiger partial charge in [-0.3, -0.25) is 4.90 Å². The van der Waals surface area contributed by atoms with E-state index in [1.165, 1.54) is 5.69 Å². The van der Waals surface area contributed by atoms with Crippen LogP contribution in [0.1, 0.15) is 22.2 Å². The van der Waals surface area contributed by atoms with Gasteiger partial charge in [0.15, 0.2) is 0 Å². The van der Waals surface area contributed by atoms with Gasteiger partial charge < -0.3 is 13.7 Å². The zero-order valence-electron chi connectivity index (χ0n) is 13.7. The van der Waals surface area contributed by atoms with Gasteiger partial charge in [-0.05, 0) is 31.2 Å². The predicted molar refractivity (Wildman–Crippen MR) is 92.7 cm³/mol. The highest BCUT2D eigenvalue weighted by Gasteiger charge is 2.23. The van der Waals surface area contributed by atoms with Crippen molar-refractivity contribution in [1.82, 2.24) is 14.5 Å². The summed E-state index contributed by atoms with van der Waals surface area (Å²) in [6.07, 6.45) is 4.00. The van der Waals surface area contributed by atoms with E-state index in [9.17, 15) is 0 Å². The van der Waals surface area contributed by atoms with Crippen LogP contribution in [0.15, 0.2) is 46.5 Å². The number of thiazole rings is 1. The minimum Gasteiger partial charge on any atom is -0.468 e. The Labute approximate surface area is 145 Å². The summed E-state index contributed by atoms with van der Waals surface area (Å²) >= 11 is 1.67. The monoisotopic (exact) mass is 343 g/mol. The van der Waals surface area contributed by atoms with Crippen LogP contribution in [0.5, 0.6) is 0 Å². The number of hydrogen-bond acceptors (Lipinski definition) is 5. The van der Waals surface area contributed by atoms with Crippen LogP contribution >= 0.6 is 11.3 Å². The molecular formula is C18H21N3O2S. The molecule has 1 atom stereocenters. The molecule has 3 aromatic heterocycles. The Morgan fingerprint density at radius 2 is 2.29 bits per heavy atom. The second-order valence-electron chi connectivity index (χ2n) is 6.19. The number of rotatable bonds is 5. The van der Waals surface area contributed by atoms with Crippen LogP contribution in [0.4, 0.5) is 0 Å². The molecule has 4 heterocycles. The maximum Gasteiger partial charge on any atom is 0.117 e. The van der Waals surface area contributed by atoms with E-state index in [2.05, 4.69) is 38.2 Å². The SMILES string of the molecule is Cc1nc(COC2CN(Cc3ccco3)Cc3cccn3C2)cs1. The fourth-order valence-electron chi connectivity index (χ4n) is 3.16. The van der Waals surface area contributed by atoms with Gasteiger partial charge in [-0.15, -0.1) is 11.3 Å². The highest BCUT2D eigenvalue weighted by atomic mass is 32.1. The fourth-order valence-corrected chi connectivity index (χ4v) is 3.75. The number of fused-ring (bicyclic) bond motifs is 1. The first-order valence-corrected chi connectivity index (χ1v) is 9.05. The highest BCUT2D eigenvalue weighted by molar-refractivity contribution is 7.09. The summed E-state index contributed by atoms with van der Waals surface area (Å²) in [5, 5.41) is 3.16. The van der Waals surface area contributed by atoms with E-state index in [1.807, 2.05) is 19.1 Å². The van der Waals surface area contributed by atoms with Crippen molar-refractivity contribution in [1.29, 1.82) is 0 Å². The molecule has 0 radical (unpaired) electrons. The van der Waals surface area contributed by atoms with Crippen molar-refractivity contribution < 1.29 is 9.15 Å². The van der Waals surface area contributed by atoms with Gasteiger partial charge in [0.25, 0.3) is 0 Å². The first kappa shape index (κ1) is 15.6. The van der Waals surface area contributed by atoms with Crippen LogP contribution in [-0.4, -0.2) is 27.1 Å². The standard InChI is InChI=1S/C18H21N3O2S/c1-14-19-15(13-24-14)12-23-18-10-20(9-17-5-3-7-22-17)8-16-4-2-6-21(16)11-18/h2-7,13,18H,8-12H2,1H3. The van der Waals surface area contributed by atoms with Crippen LogP contribution in [-0.2, 0) is 31.0 Å². The molecule has 1 aliphatic heterocycles. The van der Waals surface area contributed by atoms with Crippen molar-refractivity contribution in [2.75, 3.05) is 6.54 Å². The molecule has 6 heteroatoms. The molecule has 3 aromatic rings. The van der Waals surface area contributed by atoms with Crippen LogP contribution in [0, 0.1) is 6.92 Å². The summed E-state index contributed by atoms with van der Waals surface area (Å²) in [4.78, 5) is 6.87. The summed E-state index contributed by atoms with van der Waals surface area (Å²) in [7, 11) is 0. The van der Waals surface area contributed by atoms with Gasteiger partial charge in [-0.2, -0.15) is 0 Å². The Kier molecular flexibility index (Phi) is 4.51. The molecule has 0 amide bonds. The first-order valence-electron chi connectivity index (χ1n) is 8.17. The third-order valence-electron chi connectivity index (χ3n) is 4.26. The summed E-state index contributed by atoms with van der Waals surface area (Å²) in [6, 6.07) is 8.25. The molecule has 0 aliphatic carbocycles. The fraction of sp³-hybridized carbons (Fsp3) is 0.389. The second kappa shape index (κ2) is 6.93. The van der Waals surface area contributed by atoms with E-state index < -0.39 is 0 Å². The zero-order valence-corrected chi connectivity index (χ0v) is 14.5. The number of furan rings is 1. The maximum atomic E-state index is 6.19. The molecule has 0 N–H and O–H groups in total. The number of ether oxygens (including phenoxy) is 1. The molecule has 0 bridgehead atoms. The van der Waals surface area contributed by atoms with Crippen molar-refractivity contribution in [3.8, 4) is 0 Å². The molecule has 1 aliphatic rings. The van der Waals surface area contributed by atoms with Gasteiger partial charge in [0.2, 0.25) is 0 Å². The Morgan fingerprint density at radius 3 is 3.08 bits per heavy atom. The average Bonchev–Trinajstić information content (AvgIpc) is 3.28. The average molecular weight is 343 g/mol. The second-order valence-corrected chi connectivity index (χ2v) is 7.25. The lowest BCUT2D eigenvalue weighted by molar-refractivity contribution is 0.00637. The molecule has 0 aromatic carbocycles. The van der Waals surface area contributed by atoms with Crippen LogP contribution < -0.4 is 0 Å². The summed E-state index contributed by atoms with van der Waals surface area (Å²) in [5.41, 5.74) is 2.34. The summed E-state index contributed by atoms with van der Waals surface area (Å²) < 4.78 is 14.0. The molecule has 0 fully saturated rings. The Morgan fingerprint density at radius 1 is 1.33 bits per heavy atom. The number of aromatic nitrogens is 2. The Hall–Kier alpha value is -1.89. The molecule has 126 valence electrons. The molecule has 0 spiro atoms. The lowest BCUT2D eigenvalue weighted by atomic mass is 10.3. The van der Waals surface area contributed by atoms with Crippen molar-refractivity contribution in [3.63, 3.8) is 0 Å². The minimum absolute atomic E-state index is 0.135. The minimum atomic E-state index is 0.135. The molecule has 1 unspecified atom stereocenters. The van der Waals surface area contributed by atoms with E-state index in [0.29, 0.717) is 6.61 Å². The molecule has 0 saturated heterocycles.